The van der Waals surface area contributed by atoms with E-state index in [0.717, 1.165) is 82.7 Å². The molecule has 11 heteroatoms. The maximum atomic E-state index is 12.8. The summed E-state index contributed by atoms with van der Waals surface area (Å²) in [7, 11) is 2.22. The fraction of sp³-hybridized carbons (Fsp3) is 0.568. The molecular weight excluding hydrogens is 602 g/mol. The fourth-order valence-corrected chi connectivity index (χ4v) is 7.99. The standard InChI is InChI=1S/C37H51N9O2/c1-4-26-22-28(7-8-30(26)46-16-11-29(12-17-46)45-20-18-44(3)19-21-45)41-36-33(34(38)47)42-32(31-25(2)6-5-15-39-31)35(43-36)40-27-9-13-37(14-10-27)23-48-24-37/h5-8,15,22,27,29H,4,9-14,16-21,23-24H2,1-3H3,(H2,38,47)(H2,40,41,43). The topological polar surface area (TPSA) is 125 Å². The van der Waals surface area contributed by atoms with Gasteiger partial charge >= 0.3 is 0 Å². The van der Waals surface area contributed by atoms with Gasteiger partial charge in [0, 0.05) is 74.3 Å². The van der Waals surface area contributed by atoms with E-state index < -0.39 is 5.91 Å². The molecule has 4 N–H and O–H groups in total. The molecule has 5 heterocycles. The van der Waals surface area contributed by atoms with Gasteiger partial charge < -0.3 is 30.9 Å². The number of nitrogens with two attached hydrogens (primary N) is 1. The van der Waals surface area contributed by atoms with Crippen LogP contribution in [0.3, 0.4) is 0 Å². The van der Waals surface area contributed by atoms with Gasteiger partial charge in [-0.2, -0.15) is 0 Å². The van der Waals surface area contributed by atoms with Crippen molar-refractivity contribution in [2.45, 2.75) is 70.9 Å². The molecular formula is C37H51N9O2. The second kappa shape index (κ2) is 14.0. The Balaban J connectivity index is 1.12. The quantitative estimate of drug-likeness (QED) is 0.296. The zero-order valence-electron chi connectivity index (χ0n) is 28.8. The lowest BCUT2D eigenvalue weighted by Gasteiger charge is -2.46. The highest BCUT2D eigenvalue weighted by Crippen LogP contribution is 2.43. The molecule has 0 bridgehead atoms. The lowest BCUT2D eigenvalue weighted by Crippen LogP contribution is -2.52. The maximum Gasteiger partial charge on any atom is 0.271 e. The molecule has 1 aromatic carbocycles. The zero-order valence-corrected chi connectivity index (χ0v) is 28.8. The van der Waals surface area contributed by atoms with E-state index in [4.69, 9.17) is 20.4 Å². The average molecular weight is 654 g/mol. The summed E-state index contributed by atoms with van der Waals surface area (Å²) in [5.41, 5.74) is 12.0. The van der Waals surface area contributed by atoms with E-state index in [9.17, 15) is 4.79 Å². The molecule has 3 saturated heterocycles. The van der Waals surface area contributed by atoms with Gasteiger partial charge in [0.15, 0.2) is 17.3 Å². The van der Waals surface area contributed by atoms with Crippen molar-refractivity contribution in [3.8, 4) is 11.4 Å². The lowest BCUT2D eigenvalue weighted by atomic mass is 9.71. The van der Waals surface area contributed by atoms with Crippen molar-refractivity contribution < 1.29 is 9.53 Å². The average Bonchev–Trinajstić information content (AvgIpc) is 3.09. The Hall–Kier alpha value is -3.80. The summed E-state index contributed by atoms with van der Waals surface area (Å²) in [6, 6.07) is 11.3. The molecule has 0 unspecified atom stereocenters. The van der Waals surface area contributed by atoms with Crippen LogP contribution in [0.5, 0.6) is 0 Å². The summed E-state index contributed by atoms with van der Waals surface area (Å²) in [6.07, 6.45) is 9.33. The molecule has 2 aromatic heterocycles. The van der Waals surface area contributed by atoms with E-state index in [0.29, 0.717) is 34.5 Å². The van der Waals surface area contributed by atoms with Crippen molar-refractivity contribution in [3.63, 3.8) is 0 Å². The molecule has 3 aromatic rings. The Morgan fingerprint density at radius 3 is 2.38 bits per heavy atom. The smallest absolute Gasteiger partial charge is 0.271 e. The van der Waals surface area contributed by atoms with Crippen LogP contribution in [0.4, 0.5) is 23.0 Å². The highest BCUT2D eigenvalue weighted by atomic mass is 16.5. The molecule has 0 atom stereocenters. The van der Waals surface area contributed by atoms with E-state index >= 15 is 0 Å². The van der Waals surface area contributed by atoms with Gasteiger partial charge in [0.2, 0.25) is 0 Å². The Bertz CT molecular complexity index is 1600. The van der Waals surface area contributed by atoms with E-state index in [1.54, 1.807) is 6.20 Å². The first-order chi connectivity index (χ1) is 23.3. The van der Waals surface area contributed by atoms with Gasteiger partial charge in [-0.15, -0.1) is 0 Å². The number of carbonyl (C=O) groups is 1. The summed E-state index contributed by atoms with van der Waals surface area (Å²) < 4.78 is 5.55. The summed E-state index contributed by atoms with van der Waals surface area (Å²) >= 11 is 0. The van der Waals surface area contributed by atoms with Crippen molar-refractivity contribution in [1.82, 2.24) is 24.8 Å². The number of nitrogens with one attached hydrogen (secondary N) is 2. The first-order valence-electron chi connectivity index (χ1n) is 17.9. The molecule has 4 fully saturated rings. The first-order valence-corrected chi connectivity index (χ1v) is 17.9. The maximum absolute atomic E-state index is 12.8. The molecule has 3 aliphatic heterocycles. The minimum atomic E-state index is -0.633. The van der Waals surface area contributed by atoms with Crippen LogP contribution in [-0.2, 0) is 11.2 Å². The summed E-state index contributed by atoms with van der Waals surface area (Å²) in [5, 5.41) is 7.13. The normalized spacial score (nSPS) is 20.9. The van der Waals surface area contributed by atoms with Crippen molar-refractivity contribution in [2.75, 3.05) is 75.1 Å². The van der Waals surface area contributed by atoms with Gasteiger partial charge in [-0.3, -0.25) is 14.7 Å². The van der Waals surface area contributed by atoms with Gasteiger partial charge in [-0.25, -0.2) is 9.97 Å². The molecule has 1 spiro atoms. The summed E-state index contributed by atoms with van der Waals surface area (Å²) in [5.74, 6) is 0.335. The van der Waals surface area contributed by atoms with Crippen molar-refractivity contribution in [3.05, 3.63) is 53.3 Å². The van der Waals surface area contributed by atoms with Crippen molar-refractivity contribution in [2.24, 2.45) is 11.1 Å². The van der Waals surface area contributed by atoms with Gasteiger partial charge in [0.25, 0.3) is 5.91 Å². The van der Waals surface area contributed by atoms with Crippen molar-refractivity contribution >= 4 is 28.9 Å². The van der Waals surface area contributed by atoms with E-state index in [-0.39, 0.29) is 11.7 Å². The molecule has 48 heavy (non-hydrogen) atoms. The Morgan fingerprint density at radius 1 is 0.979 bits per heavy atom. The molecule has 1 saturated carbocycles. The van der Waals surface area contributed by atoms with Crippen LogP contribution >= 0.6 is 0 Å². The van der Waals surface area contributed by atoms with Crippen LogP contribution in [0.2, 0.25) is 0 Å². The zero-order chi connectivity index (χ0) is 33.3. The molecule has 1 aliphatic carbocycles. The van der Waals surface area contributed by atoms with Crippen molar-refractivity contribution in [1.29, 1.82) is 0 Å². The van der Waals surface area contributed by atoms with Crippen LogP contribution in [0.25, 0.3) is 11.4 Å². The summed E-state index contributed by atoms with van der Waals surface area (Å²) in [6.45, 7) is 12.7. The van der Waals surface area contributed by atoms with Crippen LogP contribution in [0.15, 0.2) is 36.5 Å². The van der Waals surface area contributed by atoms with Gasteiger partial charge in [-0.1, -0.05) is 13.0 Å². The van der Waals surface area contributed by atoms with Gasteiger partial charge in [0.1, 0.15) is 5.69 Å². The third-order valence-corrected chi connectivity index (χ3v) is 11.1. The van der Waals surface area contributed by atoms with Crippen LogP contribution in [-0.4, -0.2) is 102 Å². The minimum absolute atomic E-state index is 0.0999. The minimum Gasteiger partial charge on any atom is -0.380 e. The number of aromatic nitrogens is 3. The molecule has 11 nitrogen and oxygen atoms in total. The van der Waals surface area contributed by atoms with Crippen LogP contribution in [0, 0.1) is 12.3 Å². The monoisotopic (exact) mass is 653 g/mol. The van der Waals surface area contributed by atoms with Crippen LogP contribution < -0.4 is 21.3 Å². The fourth-order valence-electron chi connectivity index (χ4n) is 7.99. The highest BCUT2D eigenvalue weighted by molar-refractivity contribution is 5.97. The number of rotatable bonds is 9. The second-order valence-corrected chi connectivity index (χ2v) is 14.4. The second-order valence-electron chi connectivity index (χ2n) is 14.4. The van der Waals surface area contributed by atoms with Gasteiger partial charge in [0.05, 0.1) is 18.9 Å². The number of primary amides is 1. The number of piperidine rings is 1. The first kappa shape index (κ1) is 32.7. The van der Waals surface area contributed by atoms with Crippen LogP contribution in [0.1, 0.15) is 67.1 Å². The number of ether oxygens (including phenoxy) is 1. The number of aryl methyl sites for hydroxylation is 2. The Labute approximate surface area is 284 Å². The Morgan fingerprint density at radius 2 is 1.73 bits per heavy atom. The largest absolute Gasteiger partial charge is 0.380 e. The lowest BCUT2D eigenvalue weighted by molar-refractivity contribution is -0.131. The number of piperazine rings is 1. The molecule has 1 amide bonds. The molecule has 7 rings (SSSR count). The number of benzene rings is 1. The third kappa shape index (κ3) is 6.86. The number of anilines is 4. The number of carbonyl (C=O) groups excluding carboxylic acids is 1. The van der Waals surface area contributed by atoms with E-state index in [1.807, 2.05) is 19.1 Å². The Kier molecular flexibility index (Phi) is 9.53. The summed E-state index contributed by atoms with van der Waals surface area (Å²) in [4.78, 5) is 35.0. The molecule has 4 aliphatic rings. The number of pyridine rings is 1. The predicted molar refractivity (Wildman–Crippen MR) is 191 cm³/mol. The number of hydrogen-bond donors (Lipinski definition) is 3. The SMILES string of the molecule is CCc1cc(Nc2nc(NC3CCC4(CC3)COC4)c(-c3ncccc3C)nc2C(N)=O)ccc1N1CCC(N2CCN(C)CC2)CC1. The molecule has 0 radical (unpaired) electrons. The number of nitrogens with zero attached hydrogens (tertiary/aromatic N) is 6. The van der Waals surface area contributed by atoms with E-state index in [2.05, 4.69) is 62.5 Å². The number of hydrogen-bond acceptors (Lipinski definition) is 10. The third-order valence-electron chi connectivity index (χ3n) is 11.1. The molecule has 256 valence electrons. The number of amides is 1. The number of likely N-dealkylation sites (N-methyl/N-ethyl adjacent to an activating group) is 1. The highest BCUT2D eigenvalue weighted by Gasteiger charge is 2.42. The van der Waals surface area contributed by atoms with E-state index in [1.165, 1.54) is 37.2 Å². The predicted octanol–water partition coefficient (Wildman–Crippen LogP) is 4.84. The van der Waals surface area contributed by atoms with Gasteiger partial charge in [-0.05, 0) is 94.3 Å².